The van der Waals surface area contributed by atoms with Gasteiger partial charge in [-0.05, 0) is 18.2 Å². The van der Waals surface area contributed by atoms with Crippen molar-refractivity contribution in [2.45, 2.75) is 6.61 Å². The number of nitrogens with zero attached hydrogens (tertiary/aromatic N) is 2. The van der Waals surface area contributed by atoms with Gasteiger partial charge in [0.05, 0.1) is 11.4 Å². The maximum atomic E-state index is 4.81. The van der Waals surface area contributed by atoms with E-state index < -0.39 is 0 Å². The molecule has 2 aromatic heterocycles. The van der Waals surface area contributed by atoms with Gasteiger partial charge in [0, 0.05) is 11.6 Å². The molecule has 6 nitrogen and oxygen atoms in total. The zero-order valence-electron chi connectivity index (χ0n) is 7.73. The second-order valence-corrected chi connectivity index (χ2v) is 3.11. The van der Waals surface area contributed by atoms with Gasteiger partial charge in [0.25, 0.3) is 0 Å². The van der Waals surface area contributed by atoms with Crippen molar-refractivity contribution in [3.63, 3.8) is 0 Å². The van der Waals surface area contributed by atoms with Crippen LogP contribution < -0.4 is 11.0 Å². The summed E-state index contributed by atoms with van der Waals surface area (Å²) >= 11 is 0. The van der Waals surface area contributed by atoms with Crippen molar-refractivity contribution in [3.8, 4) is 0 Å². The summed E-state index contributed by atoms with van der Waals surface area (Å²) in [5.74, 6) is 0. The fourth-order valence-corrected chi connectivity index (χ4v) is 1.45. The predicted octanol–water partition coefficient (Wildman–Crippen LogP) is 0.923. The van der Waals surface area contributed by atoms with Crippen LogP contribution in [0.25, 0.3) is 11.0 Å². The maximum absolute atomic E-state index is 4.81. The first-order valence-electron chi connectivity index (χ1n) is 4.47. The summed E-state index contributed by atoms with van der Waals surface area (Å²) in [7, 11) is 0. The molecule has 76 valence electrons. The summed E-state index contributed by atoms with van der Waals surface area (Å²) in [6, 6.07) is 5.76. The van der Waals surface area contributed by atoms with E-state index in [1.807, 2.05) is 18.2 Å². The Morgan fingerprint density at radius 3 is 3.40 bits per heavy atom. The molecular formula is C9H8N4O2. The fraction of sp³-hybridized carbons (Fsp3) is 0.111. The van der Waals surface area contributed by atoms with Gasteiger partial charge in [-0.1, -0.05) is 5.59 Å². The Bertz CT molecular complexity index is 458. The highest BCUT2D eigenvalue weighted by Crippen LogP contribution is 2.20. The molecular weight excluding hydrogens is 196 g/mol. The van der Waals surface area contributed by atoms with Crippen LogP contribution in [-0.2, 0) is 16.5 Å². The summed E-state index contributed by atoms with van der Waals surface area (Å²) < 4.78 is 0. The molecule has 6 heteroatoms. The van der Waals surface area contributed by atoms with Crippen LogP contribution in [0, 0.1) is 0 Å². The Morgan fingerprint density at radius 1 is 1.40 bits per heavy atom. The van der Waals surface area contributed by atoms with Crippen molar-refractivity contribution in [2.24, 2.45) is 0 Å². The van der Waals surface area contributed by atoms with E-state index in [0.29, 0.717) is 5.65 Å². The second kappa shape index (κ2) is 3.43. The molecule has 2 aromatic rings. The average Bonchev–Trinajstić information content (AvgIpc) is 2.50. The van der Waals surface area contributed by atoms with Crippen LogP contribution in [0.5, 0.6) is 0 Å². The van der Waals surface area contributed by atoms with Gasteiger partial charge in [-0.2, -0.15) is 0 Å². The number of aromatic nitrogens is 2. The summed E-state index contributed by atoms with van der Waals surface area (Å²) in [5, 5.41) is 0.965. The maximum Gasteiger partial charge on any atom is 0.159 e. The normalized spacial score (nSPS) is 15.5. The number of hydrogen-bond donors (Lipinski definition) is 2. The van der Waals surface area contributed by atoms with Crippen LogP contribution in [-0.4, -0.2) is 9.97 Å². The topological polar surface area (TPSA) is 68.3 Å². The van der Waals surface area contributed by atoms with Crippen molar-refractivity contribution in [1.82, 2.24) is 15.6 Å². The van der Waals surface area contributed by atoms with Crippen molar-refractivity contribution in [3.05, 3.63) is 30.1 Å². The molecule has 0 aliphatic carbocycles. The molecule has 3 heterocycles. The number of hydrogen-bond acceptors (Lipinski definition) is 6. The van der Waals surface area contributed by atoms with Crippen LogP contribution >= 0.6 is 0 Å². The minimum atomic E-state index is 0.280. The minimum Gasteiger partial charge on any atom is -0.294 e. The molecule has 0 amide bonds. The fourth-order valence-electron chi connectivity index (χ4n) is 1.45. The molecule has 15 heavy (non-hydrogen) atoms. The molecule has 0 saturated carbocycles. The lowest BCUT2D eigenvalue weighted by atomic mass is 10.2. The van der Waals surface area contributed by atoms with Gasteiger partial charge >= 0.3 is 0 Å². The highest BCUT2D eigenvalue weighted by molar-refractivity contribution is 5.79. The van der Waals surface area contributed by atoms with Gasteiger partial charge in [-0.3, -0.25) is 5.43 Å². The minimum absolute atomic E-state index is 0.280. The van der Waals surface area contributed by atoms with E-state index in [9.17, 15) is 0 Å². The number of fused-ring (bicyclic) bond motifs is 2. The molecule has 0 unspecified atom stereocenters. The van der Waals surface area contributed by atoms with Gasteiger partial charge in [0.15, 0.2) is 5.65 Å². The van der Waals surface area contributed by atoms with E-state index in [0.717, 1.165) is 16.8 Å². The molecule has 3 rings (SSSR count). The molecule has 0 radical (unpaired) electrons. The van der Waals surface area contributed by atoms with Gasteiger partial charge in [-0.15, -0.1) is 4.99 Å². The zero-order chi connectivity index (χ0) is 10.1. The first-order valence-corrected chi connectivity index (χ1v) is 4.47. The Hall–Kier alpha value is -1.76. The summed E-state index contributed by atoms with van der Waals surface area (Å²) in [6.45, 7) is 0.280. The SMILES string of the molecule is c1cnc2nc3c(cc2c1)NNOOC3. The monoisotopic (exact) mass is 204 g/mol. The van der Waals surface area contributed by atoms with Crippen LogP contribution in [0.2, 0.25) is 0 Å². The molecule has 1 aliphatic heterocycles. The third-order valence-electron chi connectivity index (χ3n) is 2.15. The first-order chi connectivity index (χ1) is 7.43. The second-order valence-electron chi connectivity index (χ2n) is 3.11. The van der Waals surface area contributed by atoms with Crippen LogP contribution in [0.15, 0.2) is 24.4 Å². The molecule has 2 N–H and O–H groups in total. The highest BCUT2D eigenvalue weighted by Gasteiger charge is 2.10. The molecule has 1 aliphatic rings. The number of rotatable bonds is 0. The number of anilines is 1. The van der Waals surface area contributed by atoms with Crippen molar-refractivity contribution in [2.75, 3.05) is 5.43 Å². The zero-order valence-corrected chi connectivity index (χ0v) is 7.73. The lowest BCUT2D eigenvalue weighted by Gasteiger charge is -2.05. The number of nitrogens with one attached hydrogen (secondary N) is 2. The molecule has 0 fully saturated rings. The highest BCUT2D eigenvalue weighted by atomic mass is 17.3. The smallest absolute Gasteiger partial charge is 0.159 e. The van der Waals surface area contributed by atoms with Crippen LogP contribution in [0.1, 0.15) is 5.69 Å². The largest absolute Gasteiger partial charge is 0.294 e. The van der Waals surface area contributed by atoms with Crippen LogP contribution in [0.3, 0.4) is 0 Å². The third-order valence-corrected chi connectivity index (χ3v) is 2.15. The summed E-state index contributed by atoms with van der Waals surface area (Å²) in [6.07, 6.45) is 1.71. The Morgan fingerprint density at radius 2 is 2.40 bits per heavy atom. The Labute approximate surface area is 85.1 Å². The third kappa shape index (κ3) is 1.50. The van der Waals surface area contributed by atoms with E-state index in [-0.39, 0.29) is 6.61 Å². The van der Waals surface area contributed by atoms with Crippen molar-refractivity contribution < 1.29 is 9.88 Å². The van der Waals surface area contributed by atoms with E-state index in [4.69, 9.17) is 4.89 Å². The van der Waals surface area contributed by atoms with Gasteiger partial charge in [0.1, 0.15) is 6.61 Å². The van der Waals surface area contributed by atoms with E-state index in [1.54, 1.807) is 6.20 Å². The van der Waals surface area contributed by atoms with Gasteiger partial charge in [0.2, 0.25) is 0 Å². The molecule has 0 aromatic carbocycles. The Balaban J connectivity index is 2.20. The van der Waals surface area contributed by atoms with Crippen molar-refractivity contribution >= 4 is 16.7 Å². The Kier molecular flexibility index (Phi) is 1.95. The summed E-state index contributed by atoms with van der Waals surface area (Å²) in [5.41, 5.74) is 7.55. The van der Waals surface area contributed by atoms with Crippen molar-refractivity contribution in [1.29, 1.82) is 0 Å². The predicted molar refractivity (Wildman–Crippen MR) is 52.2 cm³/mol. The van der Waals surface area contributed by atoms with Crippen LogP contribution in [0.4, 0.5) is 5.69 Å². The molecule has 0 bridgehead atoms. The van der Waals surface area contributed by atoms with E-state index in [1.165, 1.54) is 0 Å². The van der Waals surface area contributed by atoms with E-state index in [2.05, 4.69) is 26.0 Å². The number of hydrazine groups is 1. The lowest BCUT2D eigenvalue weighted by molar-refractivity contribution is -0.338. The molecule has 0 atom stereocenters. The van der Waals surface area contributed by atoms with Gasteiger partial charge in [-0.25, -0.2) is 14.9 Å². The summed E-state index contributed by atoms with van der Waals surface area (Å²) in [4.78, 5) is 17.9. The standard InChI is InChI=1S/C9H8N4O2/c1-2-6-4-7-8(5-14-15-13-12-7)11-9(6)10-3-1/h1-4,12-13H,5H2. The first kappa shape index (κ1) is 8.54. The lowest BCUT2D eigenvalue weighted by Crippen LogP contribution is -2.19. The molecule has 0 spiro atoms. The van der Waals surface area contributed by atoms with Gasteiger partial charge < -0.3 is 0 Å². The molecule has 0 saturated heterocycles. The van der Waals surface area contributed by atoms with E-state index >= 15 is 0 Å². The average molecular weight is 204 g/mol. The number of pyridine rings is 2. The quantitative estimate of drug-likeness (QED) is 0.622.